The third kappa shape index (κ3) is 2.82. The van der Waals surface area contributed by atoms with E-state index >= 15 is 0 Å². The average Bonchev–Trinajstić information content (AvgIpc) is 2.88. The van der Waals surface area contributed by atoms with Crippen molar-refractivity contribution >= 4 is 28.1 Å². The van der Waals surface area contributed by atoms with Crippen LogP contribution < -0.4 is 5.32 Å². The van der Waals surface area contributed by atoms with Gasteiger partial charge in [-0.05, 0) is 31.9 Å². The van der Waals surface area contributed by atoms with Crippen molar-refractivity contribution in [2.75, 3.05) is 5.32 Å². The molecule has 0 spiro atoms. The molecule has 106 valence electrons. The summed E-state index contributed by atoms with van der Waals surface area (Å²) in [4.78, 5) is 15.6. The molecule has 0 radical (unpaired) electrons. The van der Waals surface area contributed by atoms with Gasteiger partial charge in [0.2, 0.25) is 0 Å². The lowest BCUT2D eigenvalue weighted by Crippen LogP contribution is -2.28. The van der Waals surface area contributed by atoms with Gasteiger partial charge in [-0.25, -0.2) is 4.98 Å². The number of aliphatic carboxylic acids is 1. The maximum atomic E-state index is 11.2. The Balaban J connectivity index is 2.24. The molecule has 0 unspecified atom stereocenters. The van der Waals surface area contributed by atoms with E-state index in [4.69, 9.17) is 0 Å². The van der Waals surface area contributed by atoms with Crippen molar-refractivity contribution in [1.82, 2.24) is 4.98 Å². The third-order valence-electron chi connectivity index (χ3n) is 3.32. The van der Waals surface area contributed by atoms with Crippen LogP contribution in [0.15, 0.2) is 29.6 Å². The molecule has 2 N–H and O–H groups in total. The number of thiazole rings is 1. The third-order valence-corrected chi connectivity index (χ3v) is 4.08. The highest BCUT2D eigenvalue weighted by Gasteiger charge is 2.32. The fourth-order valence-electron chi connectivity index (χ4n) is 1.79. The lowest BCUT2D eigenvalue weighted by molar-refractivity contribution is -0.142. The van der Waals surface area contributed by atoms with Crippen molar-refractivity contribution in [1.29, 1.82) is 0 Å². The van der Waals surface area contributed by atoms with Crippen LogP contribution in [0, 0.1) is 0 Å². The number of hydrogen-bond donors (Lipinski definition) is 2. The fourth-order valence-corrected chi connectivity index (χ4v) is 2.68. The summed E-state index contributed by atoms with van der Waals surface area (Å²) in [6.07, 6.45) is 0.933. The van der Waals surface area contributed by atoms with Crippen molar-refractivity contribution in [3.63, 3.8) is 0 Å². The molecule has 1 aromatic heterocycles. The first-order valence-electron chi connectivity index (χ1n) is 6.49. The van der Waals surface area contributed by atoms with Crippen molar-refractivity contribution in [3.8, 4) is 0 Å². The lowest BCUT2D eigenvalue weighted by atomic mass is 9.90. The monoisotopic (exact) mass is 290 g/mol. The highest BCUT2D eigenvalue weighted by Crippen LogP contribution is 2.29. The molecule has 1 heterocycles. The Labute approximate surface area is 122 Å². The zero-order valence-electron chi connectivity index (χ0n) is 11.8. The van der Waals surface area contributed by atoms with Gasteiger partial charge in [-0.2, -0.15) is 0 Å². The summed E-state index contributed by atoms with van der Waals surface area (Å²) >= 11 is 1.42. The Bertz CT molecular complexity index is 620. The Morgan fingerprint density at radius 1 is 1.40 bits per heavy atom. The zero-order chi connectivity index (χ0) is 14.8. The van der Waals surface area contributed by atoms with E-state index in [9.17, 15) is 9.90 Å². The van der Waals surface area contributed by atoms with Crippen molar-refractivity contribution in [2.45, 2.75) is 32.6 Å². The van der Waals surface area contributed by atoms with Gasteiger partial charge in [-0.3, -0.25) is 4.79 Å². The summed E-state index contributed by atoms with van der Waals surface area (Å²) in [6, 6.07) is 8.04. The largest absolute Gasteiger partial charge is 0.481 e. The minimum Gasteiger partial charge on any atom is -0.481 e. The predicted octanol–water partition coefficient (Wildman–Crippen LogP) is 3.81. The van der Waals surface area contributed by atoms with E-state index in [2.05, 4.69) is 23.3 Å². The van der Waals surface area contributed by atoms with Gasteiger partial charge in [0.25, 0.3) is 0 Å². The summed E-state index contributed by atoms with van der Waals surface area (Å²) in [6.45, 7) is 5.42. The van der Waals surface area contributed by atoms with Crippen LogP contribution in [0.2, 0.25) is 0 Å². The summed E-state index contributed by atoms with van der Waals surface area (Å²) in [5, 5.41) is 15.0. The first-order chi connectivity index (χ1) is 9.45. The quantitative estimate of drug-likeness (QED) is 0.879. The van der Waals surface area contributed by atoms with E-state index in [1.807, 2.05) is 18.2 Å². The van der Waals surface area contributed by atoms with E-state index in [0.29, 0.717) is 5.69 Å². The number of nitrogens with one attached hydrogen (secondary N) is 1. The summed E-state index contributed by atoms with van der Waals surface area (Å²) in [7, 11) is 0. The van der Waals surface area contributed by atoms with Gasteiger partial charge >= 0.3 is 5.97 Å². The van der Waals surface area contributed by atoms with Crippen molar-refractivity contribution in [3.05, 3.63) is 40.9 Å². The number of carboxylic acid groups (broad SMARTS) is 1. The summed E-state index contributed by atoms with van der Waals surface area (Å²) in [5.74, 6) is -0.872. The second-order valence-corrected chi connectivity index (χ2v) is 5.96. The fraction of sp³-hybridized carbons (Fsp3) is 0.333. The van der Waals surface area contributed by atoms with E-state index < -0.39 is 11.4 Å². The number of aromatic nitrogens is 1. The molecule has 0 saturated heterocycles. The van der Waals surface area contributed by atoms with Crippen molar-refractivity contribution in [2.24, 2.45) is 0 Å². The van der Waals surface area contributed by atoms with Crippen LogP contribution in [0.5, 0.6) is 0 Å². The van der Waals surface area contributed by atoms with Crippen LogP contribution in [0.3, 0.4) is 0 Å². The van der Waals surface area contributed by atoms with Gasteiger partial charge in [0.1, 0.15) is 5.41 Å². The number of carbonyl (C=O) groups is 1. The molecule has 0 aliphatic heterocycles. The maximum absolute atomic E-state index is 11.2. The molecule has 2 rings (SSSR count). The number of carboxylic acids is 1. The first kappa shape index (κ1) is 14.5. The molecule has 0 atom stereocenters. The Hall–Kier alpha value is -1.88. The lowest BCUT2D eigenvalue weighted by Gasteiger charge is -2.15. The van der Waals surface area contributed by atoms with E-state index in [-0.39, 0.29) is 0 Å². The highest BCUT2D eigenvalue weighted by molar-refractivity contribution is 7.13. The Morgan fingerprint density at radius 2 is 2.10 bits per heavy atom. The number of benzene rings is 1. The van der Waals surface area contributed by atoms with Gasteiger partial charge in [0, 0.05) is 11.1 Å². The molecular weight excluding hydrogens is 272 g/mol. The molecular formula is C15H18N2O2S. The smallest absolute Gasteiger partial charge is 0.315 e. The van der Waals surface area contributed by atoms with Gasteiger partial charge in [-0.15, -0.1) is 11.3 Å². The van der Waals surface area contributed by atoms with Crippen LogP contribution in [-0.2, 0) is 16.6 Å². The molecule has 0 bridgehead atoms. The van der Waals surface area contributed by atoms with E-state index in [0.717, 1.165) is 17.2 Å². The second kappa shape index (κ2) is 5.63. The number of para-hydroxylation sites is 1. The van der Waals surface area contributed by atoms with E-state index in [1.165, 1.54) is 16.9 Å². The SMILES string of the molecule is CCc1ccccc1Nc1nc(C(C)(C)C(=O)O)cs1. The van der Waals surface area contributed by atoms with Crippen LogP contribution >= 0.6 is 11.3 Å². The standard InChI is InChI=1S/C15H18N2O2S/c1-4-10-7-5-6-8-11(10)16-14-17-12(9-20-14)15(2,3)13(18)19/h5-9H,4H2,1-3H3,(H,16,17)(H,18,19). The normalized spacial score (nSPS) is 11.3. The zero-order valence-corrected chi connectivity index (χ0v) is 12.6. The number of rotatable bonds is 5. The van der Waals surface area contributed by atoms with Gasteiger partial charge < -0.3 is 10.4 Å². The topological polar surface area (TPSA) is 62.2 Å². The number of anilines is 2. The van der Waals surface area contributed by atoms with E-state index in [1.54, 1.807) is 19.2 Å². The Morgan fingerprint density at radius 3 is 2.75 bits per heavy atom. The van der Waals surface area contributed by atoms with Gasteiger partial charge in [0.15, 0.2) is 5.13 Å². The molecule has 4 nitrogen and oxygen atoms in total. The minimum atomic E-state index is -0.972. The van der Waals surface area contributed by atoms with Crippen LogP contribution in [0.1, 0.15) is 32.0 Å². The average molecular weight is 290 g/mol. The number of hydrogen-bond acceptors (Lipinski definition) is 4. The maximum Gasteiger partial charge on any atom is 0.315 e. The first-order valence-corrected chi connectivity index (χ1v) is 7.37. The molecule has 0 fully saturated rings. The predicted molar refractivity (Wildman–Crippen MR) is 81.9 cm³/mol. The molecule has 2 aromatic rings. The van der Waals surface area contributed by atoms with Crippen molar-refractivity contribution < 1.29 is 9.90 Å². The second-order valence-electron chi connectivity index (χ2n) is 5.10. The molecule has 5 heteroatoms. The number of aryl methyl sites for hydroxylation is 1. The molecule has 0 aliphatic rings. The van der Waals surface area contributed by atoms with Crippen LogP contribution in [-0.4, -0.2) is 16.1 Å². The highest BCUT2D eigenvalue weighted by atomic mass is 32.1. The molecule has 0 amide bonds. The molecule has 0 saturated carbocycles. The molecule has 1 aromatic carbocycles. The Kier molecular flexibility index (Phi) is 4.09. The summed E-state index contributed by atoms with van der Waals surface area (Å²) in [5.41, 5.74) is 1.83. The minimum absolute atomic E-state index is 0.575. The molecule has 20 heavy (non-hydrogen) atoms. The van der Waals surface area contributed by atoms with Crippen LogP contribution in [0.4, 0.5) is 10.8 Å². The summed E-state index contributed by atoms with van der Waals surface area (Å²) < 4.78 is 0. The van der Waals surface area contributed by atoms with Crippen LogP contribution in [0.25, 0.3) is 0 Å². The molecule has 0 aliphatic carbocycles. The van der Waals surface area contributed by atoms with Gasteiger partial charge in [0.05, 0.1) is 5.69 Å². The van der Waals surface area contributed by atoms with Gasteiger partial charge in [-0.1, -0.05) is 25.1 Å². The number of nitrogens with zero attached hydrogens (tertiary/aromatic N) is 1.